The molecule has 0 saturated heterocycles. The quantitative estimate of drug-likeness (QED) is 0.483. The summed E-state index contributed by atoms with van der Waals surface area (Å²) < 4.78 is 13.3. The molecule has 6 nitrogen and oxygen atoms in total. The van der Waals surface area contributed by atoms with Crippen molar-refractivity contribution in [3.63, 3.8) is 0 Å². The minimum absolute atomic E-state index is 0.411. The van der Waals surface area contributed by atoms with Crippen molar-refractivity contribution in [3.8, 4) is 17.1 Å². The molecular weight excluding hydrogens is 340 g/mol. The van der Waals surface area contributed by atoms with E-state index in [1.807, 2.05) is 49.5 Å². The summed E-state index contributed by atoms with van der Waals surface area (Å²) in [6.45, 7) is 2.55. The Morgan fingerprint density at radius 2 is 1.85 bits per heavy atom. The summed E-state index contributed by atoms with van der Waals surface area (Å²) in [7, 11) is 2.00. The van der Waals surface area contributed by atoms with Crippen molar-refractivity contribution in [2.24, 2.45) is 7.05 Å². The van der Waals surface area contributed by atoms with Crippen LogP contribution in [0.2, 0.25) is 0 Å². The van der Waals surface area contributed by atoms with Gasteiger partial charge in [0.2, 0.25) is 11.7 Å². The number of aromatic nitrogens is 4. The molecule has 0 radical (unpaired) electrons. The Balaban J connectivity index is 1.43. The van der Waals surface area contributed by atoms with Gasteiger partial charge in [-0.1, -0.05) is 30.6 Å². The zero-order chi connectivity index (χ0) is 18.6. The van der Waals surface area contributed by atoms with Gasteiger partial charge in [0.15, 0.2) is 0 Å². The maximum absolute atomic E-state index is 5.90. The first-order chi connectivity index (χ1) is 13.2. The second-order valence-corrected chi connectivity index (χ2v) is 6.50. The van der Waals surface area contributed by atoms with E-state index in [4.69, 9.17) is 9.26 Å². The third kappa shape index (κ3) is 3.69. The van der Waals surface area contributed by atoms with Crippen molar-refractivity contribution in [1.82, 2.24) is 19.7 Å². The smallest absolute Gasteiger partial charge is 0.226 e. The highest BCUT2D eigenvalue weighted by Gasteiger charge is 2.10. The Kier molecular flexibility index (Phi) is 4.87. The number of hydrogen-bond acceptors (Lipinski definition) is 5. The van der Waals surface area contributed by atoms with Gasteiger partial charge in [-0.3, -0.25) is 0 Å². The van der Waals surface area contributed by atoms with Gasteiger partial charge in [0.25, 0.3) is 0 Å². The second kappa shape index (κ2) is 7.61. The molecule has 138 valence electrons. The molecular formula is C21H22N4O2. The summed E-state index contributed by atoms with van der Waals surface area (Å²) in [5.41, 5.74) is 2.99. The second-order valence-electron chi connectivity index (χ2n) is 6.50. The largest absolute Gasteiger partial charge is 0.486 e. The van der Waals surface area contributed by atoms with Gasteiger partial charge in [-0.2, -0.15) is 4.98 Å². The van der Waals surface area contributed by atoms with Crippen molar-refractivity contribution < 1.29 is 9.26 Å². The van der Waals surface area contributed by atoms with Crippen LogP contribution < -0.4 is 4.74 Å². The van der Waals surface area contributed by atoms with Gasteiger partial charge in [-0.25, -0.2) is 4.98 Å². The number of ether oxygens (including phenoxy) is 1. The van der Waals surface area contributed by atoms with E-state index in [1.165, 1.54) is 0 Å². The lowest BCUT2D eigenvalue weighted by Crippen LogP contribution is -2.03. The highest BCUT2D eigenvalue weighted by Crippen LogP contribution is 2.22. The van der Waals surface area contributed by atoms with Crippen LogP contribution in [-0.2, 0) is 20.1 Å². The van der Waals surface area contributed by atoms with E-state index in [9.17, 15) is 0 Å². The van der Waals surface area contributed by atoms with Gasteiger partial charge in [0, 0.05) is 19.0 Å². The fourth-order valence-corrected chi connectivity index (χ4v) is 2.97. The van der Waals surface area contributed by atoms with Gasteiger partial charge < -0.3 is 13.8 Å². The minimum atomic E-state index is 0.411. The number of imidazole rings is 1. The normalized spacial score (nSPS) is 11.2. The van der Waals surface area contributed by atoms with Crippen molar-refractivity contribution in [3.05, 3.63) is 60.2 Å². The maximum atomic E-state index is 5.90. The van der Waals surface area contributed by atoms with Crippen molar-refractivity contribution >= 4 is 11.0 Å². The topological polar surface area (TPSA) is 66.0 Å². The Hall–Kier alpha value is -3.15. The van der Waals surface area contributed by atoms with Gasteiger partial charge in [0.05, 0.1) is 11.0 Å². The molecule has 0 aliphatic rings. The van der Waals surface area contributed by atoms with Crippen LogP contribution in [0.3, 0.4) is 0 Å². The Labute approximate surface area is 157 Å². The van der Waals surface area contributed by atoms with E-state index < -0.39 is 0 Å². The monoisotopic (exact) mass is 362 g/mol. The predicted octanol–water partition coefficient (Wildman–Crippen LogP) is 4.54. The lowest BCUT2D eigenvalue weighted by molar-refractivity contribution is 0.292. The maximum Gasteiger partial charge on any atom is 0.226 e. The molecule has 0 atom stereocenters. The van der Waals surface area contributed by atoms with Crippen molar-refractivity contribution in [1.29, 1.82) is 0 Å². The first-order valence-electron chi connectivity index (χ1n) is 9.20. The van der Waals surface area contributed by atoms with Crippen LogP contribution in [-0.4, -0.2) is 19.7 Å². The third-order valence-electron chi connectivity index (χ3n) is 4.57. The molecule has 0 spiro atoms. The lowest BCUT2D eigenvalue weighted by Gasteiger charge is -2.06. The molecule has 0 fully saturated rings. The summed E-state index contributed by atoms with van der Waals surface area (Å²) in [6.07, 6.45) is 2.98. The van der Waals surface area contributed by atoms with E-state index in [-0.39, 0.29) is 0 Å². The van der Waals surface area contributed by atoms with Gasteiger partial charge >= 0.3 is 0 Å². The van der Waals surface area contributed by atoms with Crippen molar-refractivity contribution in [2.75, 3.05) is 0 Å². The van der Waals surface area contributed by atoms with E-state index >= 15 is 0 Å². The van der Waals surface area contributed by atoms with Crippen LogP contribution in [0.1, 0.15) is 31.5 Å². The number of benzene rings is 2. The number of hydrogen-bond donors (Lipinski definition) is 0. The average Bonchev–Trinajstić information content (AvgIpc) is 3.30. The summed E-state index contributed by atoms with van der Waals surface area (Å²) in [5, 5.41) is 4.06. The van der Waals surface area contributed by atoms with Crippen LogP contribution in [0, 0.1) is 0 Å². The summed E-state index contributed by atoms with van der Waals surface area (Å²) in [4.78, 5) is 9.07. The summed E-state index contributed by atoms with van der Waals surface area (Å²) >= 11 is 0. The first-order valence-corrected chi connectivity index (χ1v) is 9.20. The standard InChI is InChI=1S/C21H22N4O2/c1-3-4-9-20-23-21(24-27-20)15-10-12-16(13-11-15)26-14-19-22-17-7-5-6-8-18(17)25(19)2/h5-8,10-13H,3-4,9,14H2,1-2H3. The van der Waals surface area contributed by atoms with E-state index in [0.29, 0.717) is 18.3 Å². The Morgan fingerprint density at radius 1 is 1.04 bits per heavy atom. The number of para-hydroxylation sites is 2. The first kappa shape index (κ1) is 17.3. The number of unbranched alkanes of at least 4 members (excludes halogenated alkanes) is 1. The van der Waals surface area contributed by atoms with Crippen LogP contribution in [0.15, 0.2) is 53.1 Å². The molecule has 0 unspecified atom stereocenters. The highest BCUT2D eigenvalue weighted by molar-refractivity contribution is 5.75. The summed E-state index contributed by atoms with van der Waals surface area (Å²) in [5.74, 6) is 2.97. The van der Waals surface area contributed by atoms with Crippen LogP contribution in [0.25, 0.3) is 22.4 Å². The number of aryl methyl sites for hydroxylation is 2. The highest BCUT2D eigenvalue weighted by atomic mass is 16.5. The fourth-order valence-electron chi connectivity index (χ4n) is 2.97. The number of rotatable bonds is 7. The van der Waals surface area contributed by atoms with E-state index in [2.05, 4.69) is 32.7 Å². The molecule has 0 bridgehead atoms. The van der Waals surface area contributed by atoms with E-state index in [1.54, 1.807) is 0 Å². The van der Waals surface area contributed by atoms with Crippen LogP contribution in [0.4, 0.5) is 0 Å². The number of fused-ring (bicyclic) bond motifs is 1. The van der Waals surface area contributed by atoms with E-state index in [0.717, 1.165) is 47.4 Å². The molecule has 0 amide bonds. The number of nitrogens with zero attached hydrogens (tertiary/aromatic N) is 4. The zero-order valence-electron chi connectivity index (χ0n) is 15.6. The molecule has 2 aromatic carbocycles. The molecule has 0 aliphatic carbocycles. The molecule has 2 aromatic heterocycles. The Bertz CT molecular complexity index is 1030. The SMILES string of the molecule is CCCCc1nc(-c2ccc(OCc3nc4ccccc4n3C)cc2)no1. The molecule has 27 heavy (non-hydrogen) atoms. The van der Waals surface area contributed by atoms with Crippen LogP contribution in [0.5, 0.6) is 5.75 Å². The van der Waals surface area contributed by atoms with Gasteiger partial charge in [-0.05, 0) is 42.8 Å². The minimum Gasteiger partial charge on any atom is -0.486 e. The molecule has 4 aromatic rings. The predicted molar refractivity (Wildman–Crippen MR) is 103 cm³/mol. The third-order valence-corrected chi connectivity index (χ3v) is 4.57. The summed E-state index contributed by atoms with van der Waals surface area (Å²) in [6, 6.07) is 15.8. The molecule has 2 heterocycles. The molecule has 4 rings (SSSR count). The van der Waals surface area contributed by atoms with Gasteiger partial charge in [0.1, 0.15) is 18.2 Å². The zero-order valence-corrected chi connectivity index (χ0v) is 15.6. The average molecular weight is 362 g/mol. The lowest BCUT2D eigenvalue weighted by atomic mass is 10.2. The fraction of sp³-hybridized carbons (Fsp3) is 0.286. The molecule has 0 N–H and O–H groups in total. The Morgan fingerprint density at radius 3 is 2.63 bits per heavy atom. The van der Waals surface area contributed by atoms with Gasteiger partial charge in [-0.15, -0.1) is 0 Å². The molecule has 0 saturated carbocycles. The molecule has 6 heteroatoms. The molecule has 0 aliphatic heterocycles. The van der Waals surface area contributed by atoms with Crippen molar-refractivity contribution in [2.45, 2.75) is 32.8 Å². The van der Waals surface area contributed by atoms with Crippen LogP contribution >= 0.6 is 0 Å².